The molecule has 106 valence electrons. The zero-order valence-corrected chi connectivity index (χ0v) is 11.5. The summed E-state index contributed by atoms with van der Waals surface area (Å²) in [5, 5.41) is 5.26. The number of hydrogen-bond acceptors (Lipinski definition) is 5. The number of hydrazine groups is 1. The maximum absolute atomic E-state index is 5.81. The summed E-state index contributed by atoms with van der Waals surface area (Å²) >= 11 is 0. The minimum atomic E-state index is 0.242. The number of rotatable bonds is 2. The van der Waals surface area contributed by atoms with E-state index < -0.39 is 0 Å². The largest absolute Gasteiger partial charge is 0.399 e. The molecule has 0 radical (unpaired) electrons. The van der Waals surface area contributed by atoms with Gasteiger partial charge in [0.1, 0.15) is 0 Å². The average molecular weight is 271 g/mol. The molecule has 1 aromatic rings. The molecule has 20 heavy (non-hydrogen) atoms. The van der Waals surface area contributed by atoms with E-state index in [1.54, 1.807) is 5.01 Å². The van der Waals surface area contributed by atoms with Crippen LogP contribution in [0.2, 0.25) is 0 Å². The van der Waals surface area contributed by atoms with Gasteiger partial charge in [0, 0.05) is 37.1 Å². The zero-order chi connectivity index (χ0) is 13.9. The van der Waals surface area contributed by atoms with Gasteiger partial charge in [0.15, 0.2) is 0 Å². The standard InChI is InChI=1S/C15H21N5/c16-12-3-1-11(2-4-12)9-13-10-18-14-5-7-20(17)8-6-15(14)19-13/h1-5,7,13-14,18H,6,8-10,16-17H2. The number of nitrogens with two attached hydrogens (primary N) is 2. The molecule has 2 aliphatic rings. The summed E-state index contributed by atoms with van der Waals surface area (Å²) in [5.41, 5.74) is 9.00. The van der Waals surface area contributed by atoms with Crippen LogP contribution in [0.25, 0.3) is 0 Å². The van der Waals surface area contributed by atoms with Gasteiger partial charge < -0.3 is 16.1 Å². The van der Waals surface area contributed by atoms with Gasteiger partial charge in [0.2, 0.25) is 0 Å². The van der Waals surface area contributed by atoms with Gasteiger partial charge in [0.05, 0.1) is 12.1 Å². The second-order valence-electron chi connectivity index (χ2n) is 5.44. The molecular weight excluding hydrogens is 250 g/mol. The van der Waals surface area contributed by atoms with Crippen molar-refractivity contribution in [3.05, 3.63) is 42.1 Å². The highest BCUT2D eigenvalue weighted by atomic mass is 15.4. The Kier molecular flexibility index (Phi) is 3.71. The smallest absolute Gasteiger partial charge is 0.0664 e. The molecule has 1 aromatic carbocycles. The minimum absolute atomic E-state index is 0.242. The molecule has 5 heteroatoms. The van der Waals surface area contributed by atoms with Crippen molar-refractivity contribution < 1.29 is 0 Å². The van der Waals surface area contributed by atoms with Crippen molar-refractivity contribution in [1.29, 1.82) is 0 Å². The summed E-state index contributed by atoms with van der Waals surface area (Å²) in [5.74, 6) is 5.81. The quantitative estimate of drug-likeness (QED) is 0.546. The highest BCUT2D eigenvalue weighted by Gasteiger charge is 2.23. The maximum atomic E-state index is 5.81. The molecule has 2 unspecified atom stereocenters. The van der Waals surface area contributed by atoms with E-state index in [0.717, 1.165) is 31.6 Å². The van der Waals surface area contributed by atoms with Crippen LogP contribution in [0.5, 0.6) is 0 Å². The number of nitrogens with one attached hydrogen (secondary N) is 1. The first-order valence-corrected chi connectivity index (χ1v) is 7.05. The lowest BCUT2D eigenvalue weighted by molar-refractivity contribution is 0.408. The van der Waals surface area contributed by atoms with Gasteiger partial charge in [-0.3, -0.25) is 4.99 Å². The van der Waals surface area contributed by atoms with E-state index in [-0.39, 0.29) is 6.04 Å². The fourth-order valence-electron chi connectivity index (χ4n) is 2.70. The minimum Gasteiger partial charge on any atom is -0.399 e. The van der Waals surface area contributed by atoms with Crippen LogP contribution in [0.1, 0.15) is 12.0 Å². The molecule has 2 atom stereocenters. The van der Waals surface area contributed by atoms with Gasteiger partial charge in [-0.1, -0.05) is 12.1 Å². The van der Waals surface area contributed by atoms with Gasteiger partial charge in [-0.25, -0.2) is 5.84 Å². The van der Waals surface area contributed by atoms with Crippen LogP contribution in [0.4, 0.5) is 5.69 Å². The summed E-state index contributed by atoms with van der Waals surface area (Å²) < 4.78 is 0. The summed E-state index contributed by atoms with van der Waals surface area (Å²) in [7, 11) is 0. The van der Waals surface area contributed by atoms with Crippen molar-refractivity contribution >= 4 is 11.4 Å². The third-order valence-electron chi connectivity index (χ3n) is 3.83. The summed E-state index contributed by atoms with van der Waals surface area (Å²) in [6.07, 6.45) is 5.88. The molecule has 0 amide bonds. The van der Waals surface area contributed by atoms with Crippen LogP contribution in [-0.4, -0.2) is 35.9 Å². The Morgan fingerprint density at radius 1 is 1.30 bits per heavy atom. The van der Waals surface area contributed by atoms with E-state index in [1.807, 2.05) is 18.3 Å². The lowest BCUT2D eigenvalue weighted by Crippen LogP contribution is -2.45. The van der Waals surface area contributed by atoms with E-state index in [0.29, 0.717) is 6.04 Å². The highest BCUT2D eigenvalue weighted by Crippen LogP contribution is 2.15. The van der Waals surface area contributed by atoms with E-state index >= 15 is 0 Å². The molecule has 0 fully saturated rings. The van der Waals surface area contributed by atoms with Crippen LogP contribution in [0.3, 0.4) is 0 Å². The summed E-state index contributed by atoms with van der Waals surface area (Å²) in [6.45, 7) is 1.72. The van der Waals surface area contributed by atoms with Crippen molar-refractivity contribution in [2.45, 2.75) is 24.9 Å². The fraction of sp³-hybridized carbons (Fsp3) is 0.400. The molecule has 0 saturated heterocycles. The molecule has 0 saturated carbocycles. The summed E-state index contributed by atoms with van der Waals surface area (Å²) in [4.78, 5) is 4.91. The predicted octanol–water partition coefficient (Wildman–Crippen LogP) is 0.686. The van der Waals surface area contributed by atoms with Crippen molar-refractivity contribution in [3.8, 4) is 0 Å². The van der Waals surface area contributed by atoms with Crippen LogP contribution >= 0.6 is 0 Å². The highest BCUT2D eigenvalue weighted by molar-refractivity contribution is 5.92. The number of hydrogen-bond donors (Lipinski definition) is 3. The van der Waals surface area contributed by atoms with Crippen LogP contribution in [0.15, 0.2) is 41.5 Å². The number of aliphatic imine (C=N–C) groups is 1. The van der Waals surface area contributed by atoms with E-state index in [4.69, 9.17) is 16.6 Å². The Labute approximate surface area is 119 Å². The molecule has 0 spiro atoms. The Morgan fingerprint density at radius 3 is 2.90 bits per heavy atom. The first-order chi connectivity index (χ1) is 9.70. The zero-order valence-electron chi connectivity index (χ0n) is 11.5. The number of benzene rings is 1. The second-order valence-corrected chi connectivity index (χ2v) is 5.44. The number of nitrogen functional groups attached to an aromatic ring is 1. The van der Waals surface area contributed by atoms with E-state index in [1.165, 1.54) is 11.3 Å². The lowest BCUT2D eigenvalue weighted by Gasteiger charge is -2.26. The van der Waals surface area contributed by atoms with Crippen molar-refractivity contribution in [2.24, 2.45) is 10.8 Å². The third-order valence-corrected chi connectivity index (χ3v) is 3.83. The normalized spacial score (nSPS) is 25.9. The Morgan fingerprint density at radius 2 is 2.10 bits per heavy atom. The van der Waals surface area contributed by atoms with E-state index in [9.17, 15) is 0 Å². The first-order valence-electron chi connectivity index (χ1n) is 7.05. The fourth-order valence-corrected chi connectivity index (χ4v) is 2.70. The molecule has 0 bridgehead atoms. The molecule has 2 heterocycles. The molecule has 5 N–H and O–H groups in total. The van der Waals surface area contributed by atoms with Crippen LogP contribution < -0.4 is 16.9 Å². The maximum Gasteiger partial charge on any atom is 0.0664 e. The number of fused-ring (bicyclic) bond motifs is 1. The van der Waals surface area contributed by atoms with Gasteiger partial charge >= 0.3 is 0 Å². The first kappa shape index (κ1) is 13.1. The monoisotopic (exact) mass is 271 g/mol. The molecule has 3 rings (SSSR count). The van der Waals surface area contributed by atoms with E-state index in [2.05, 4.69) is 23.5 Å². The van der Waals surface area contributed by atoms with Crippen molar-refractivity contribution in [2.75, 3.05) is 18.8 Å². The Balaban J connectivity index is 1.70. The van der Waals surface area contributed by atoms with Gasteiger partial charge in [0.25, 0.3) is 0 Å². The molecule has 2 aliphatic heterocycles. The SMILES string of the molecule is Nc1ccc(CC2CNC3C=CN(N)CCC3=N2)cc1. The molecule has 0 aliphatic carbocycles. The predicted molar refractivity (Wildman–Crippen MR) is 82.2 cm³/mol. The second kappa shape index (κ2) is 5.64. The number of anilines is 1. The Hall–Kier alpha value is -1.85. The molecule has 5 nitrogen and oxygen atoms in total. The van der Waals surface area contributed by atoms with Gasteiger partial charge in [-0.15, -0.1) is 0 Å². The van der Waals surface area contributed by atoms with Crippen LogP contribution in [0, 0.1) is 0 Å². The number of nitrogens with zero attached hydrogens (tertiary/aromatic N) is 2. The molecule has 0 aromatic heterocycles. The van der Waals surface area contributed by atoms with Crippen LogP contribution in [-0.2, 0) is 6.42 Å². The van der Waals surface area contributed by atoms with Crippen molar-refractivity contribution in [1.82, 2.24) is 10.3 Å². The lowest BCUT2D eigenvalue weighted by atomic mass is 10.0. The van der Waals surface area contributed by atoms with Crippen molar-refractivity contribution in [3.63, 3.8) is 0 Å². The average Bonchev–Trinajstić information content (AvgIpc) is 2.64. The topological polar surface area (TPSA) is 79.7 Å². The summed E-state index contributed by atoms with van der Waals surface area (Å²) in [6, 6.07) is 8.59. The molecular formula is C15H21N5. The van der Waals surface area contributed by atoms with Gasteiger partial charge in [-0.05, 0) is 30.2 Å². The Bertz CT molecular complexity index is 520. The van der Waals surface area contributed by atoms with Gasteiger partial charge in [-0.2, -0.15) is 0 Å². The third kappa shape index (κ3) is 3.00.